The normalized spacial score (nSPS) is 15.9. The third-order valence-corrected chi connectivity index (χ3v) is 3.28. The predicted molar refractivity (Wildman–Crippen MR) is 67.9 cm³/mol. The molecule has 19 heavy (non-hydrogen) atoms. The van der Waals surface area contributed by atoms with E-state index in [4.69, 9.17) is 0 Å². The average Bonchev–Trinajstić information content (AvgIpc) is 2.59. The van der Waals surface area contributed by atoms with Crippen LogP contribution in [-0.2, 0) is 4.79 Å². The molecule has 0 bridgehead atoms. The Kier molecular flexibility index (Phi) is 3.64. The first-order chi connectivity index (χ1) is 9.00. The second-order valence-electron chi connectivity index (χ2n) is 4.53. The van der Waals surface area contributed by atoms with Gasteiger partial charge in [0, 0.05) is 26.1 Å². The van der Waals surface area contributed by atoms with Crippen LogP contribution in [0.15, 0.2) is 4.79 Å². The maximum Gasteiger partial charge on any atom is 0.277 e. The molecule has 1 saturated heterocycles. The molecule has 2 rings (SSSR count). The van der Waals surface area contributed by atoms with E-state index in [1.54, 1.807) is 13.8 Å². The van der Waals surface area contributed by atoms with Crippen molar-refractivity contribution in [1.29, 1.82) is 0 Å². The van der Waals surface area contributed by atoms with E-state index in [0.29, 0.717) is 30.9 Å². The van der Waals surface area contributed by atoms with Crippen LogP contribution in [0.5, 0.6) is 0 Å². The number of amides is 2. The van der Waals surface area contributed by atoms with Crippen LogP contribution >= 0.6 is 0 Å². The number of nitrogens with zero attached hydrogens (tertiary/aromatic N) is 2. The Balaban J connectivity index is 2.32. The average molecular weight is 264 g/mol. The van der Waals surface area contributed by atoms with Crippen molar-refractivity contribution in [2.75, 3.05) is 19.6 Å². The van der Waals surface area contributed by atoms with E-state index < -0.39 is 5.56 Å². The number of hydrogen-bond donors (Lipinski definition) is 2. The molecule has 2 N–H and O–H groups in total. The number of rotatable bonds is 1. The topological polar surface area (TPSA) is 95.2 Å². The van der Waals surface area contributed by atoms with E-state index in [1.807, 2.05) is 0 Å². The van der Waals surface area contributed by atoms with Gasteiger partial charge in [-0.2, -0.15) is 5.10 Å². The summed E-state index contributed by atoms with van der Waals surface area (Å²) in [4.78, 5) is 36.9. The molecule has 2 amide bonds. The van der Waals surface area contributed by atoms with Crippen molar-refractivity contribution < 1.29 is 9.59 Å². The Hall–Kier alpha value is -2.18. The molecule has 0 aliphatic carbocycles. The van der Waals surface area contributed by atoms with Gasteiger partial charge in [0.1, 0.15) is 5.56 Å². The minimum absolute atomic E-state index is 0.0770. The van der Waals surface area contributed by atoms with Crippen LogP contribution in [0.25, 0.3) is 0 Å². The molecule has 1 aromatic rings. The Morgan fingerprint density at radius 3 is 2.74 bits per heavy atom. The molecule has 7 heteroatoms. The predicted octanol–water partition coefficient (Wildman–Crippen LogP) is -0.651. The zero-order valence-electron chi connectivity index (χ0n) is 10.9. The summed E-state index contributed by atoms with van der Waals surface area (Å²) in [5, 5.41) is 8.83. The fourth-order valence-electron chi connectivity index (χ4n) is 2.01. The minimum Gasteiger partial charge on any atom is -0.354 e. The van der Waals surface area contributed by atoms with Gasteiger partial charge in [0.25, 0.3) is 11.5 Å². The van der Waals surface area contributed by atoms with E-state index >= 15 is 0 Å². The highest BCUT2D eigenvalue weighted by Crippen LogP contribution is 2.09. The van der Waals surface area contributed by atoms with Crippen LogP contribution in [-0.4, -0.2) is 46.5 Å². The van der Waals surface area contributed by atoms with Gasteiger partial charge in [0.15, 0.2) is 0 Å². The summed E-state index contributed by atoms with van der Waals surface area (Å²) in [6.07, 6.45) is 0.257. The number of carbonyl (C=O) groups is 2. The van der Waals surface area contributed by atoms with Crippen LogP contribution in [0.2, 0.25) is 0 Å². The number of aromatic amines is 1. The Morgan fingerprint density at radius 1 is 1.26 bits per heavy atom. The monoisotopic (exact) mass is 264 g/mol. The fourth-order valence-corrected chi connectivity index (χ4v) is 2.01. The molecule has 1 aromatic heterocycles. The maximum absolute atomic E-state index is 12.4. The first-order valence-corrected chi connectivity index (χ1v) is 6.12. The molecular formula is C12H16N4O3. The summed E-state index contributed by atoms with van der Waals surface area (Å²) in [5.74, 6) is -0.424. The molecule has 7 nitrogen and oxygen atoms in total. The third kappa shape index (κ3) is 2.64. The van der Waals surface area contributed by atoms with Crippen molar-refractivity contribution in [2.45, 2.75) is 20.3 Å². The van der Waals surface area contributed by atoms with Crippen LogP contribution in [0.4, 0.5) is 0 Å². The highest BCUT2D eigenvalue weighted by Gasteiger charge is 2.24. The van der Waals surface area contributed by atoms with Gasteiger partial charge in [0.2, 0.25) is 5.91 Å². The van der Waals surface area contributed by atoms with Crippen LogP contribution in [0.1, 0.15) is 28.0 Å². The maximum atomic E-state index is 12.4. The lowest BCUT2D eigenvalue weighted by Gasteiger charge is -2.20. The molecule has 1 aliphatic heterocycles. The van der Waals surface area contributed by atoms with Crippen molar-refractivity contribution in [2.24, 2.45) is 0 Å². The SMILES string of the molecule is Cc1n[nH]c(=O)c(C(=O)N2CCNC(=O)CC2)c1C. The smallest absolute Gasteiger partial charge is 0.277 e. The number of H-pyrrole nitrogens is 1. The lowest BCUT2D eigenvalue weighted by Crippen LogP contribution is -2.38. The second-order valence-corrected chi connectivity index (χ2v) is 4.53. The Bertz CT molecular complexity index is 579. The number of carbonyl (C=O) groups excluding carboxylic acids is 2. The van der Waals surface area contributed by atoms with Gasteiger partial charge < -0.3 is 10.2 Å². The van der Waals surface area contributed by atoms with Gasteiger partial charge >= 0.3 is 0 Å². The molecule has 0 radical (unpaired) electrons. The summed E-state index contributed by atoms with van der Waals surface area (Å²) in [7, 11) is 0. The van der Waals surface area contributed by atoms with Gasteiger partial charge in [-0.1, -0.05) is 0 Å². The zero-order chi connectivity index (χ0) is 14.0. The van der Waals surface area contributed by atoms with Crippen molar-refractivity contribution in [1.82, 2.24) is 20.4 Å². The van der Waals surface area contributed by atoms with E-state index in [1.165, 1.54) is 4.90 Å². The van der Waals surface area contributed by atoms with Gasteiger partial charge in [-0.05, 0) is 19.4 Å². The number of aromatic nitrogens is 2. The quantitative estimate of drug-likeness (QED) is 0.704. The molecule has 102 valence electrons. The number of hydrogen-bond acceptors (Lipinski definition) is 4. The van der Waals surface area contributed by atoms with E-state index in [-0.39, 0.29) is 23.8 Å². The van der Waals surface area contributed by atoms with Gasteiger partial charge in [-0.15, -0.1) is 0 Å². The van der Waals surface area contributed by atoms with E-state index in [2.05, 4.69) is 15.5 Å². The highest BCUT2D eigenvalue weighted by molar-refractivity contribution is 5.95. The Labute approximate surface area is 110 Å². The lowest BCUT2D eigenvalue weighted by molar-refractivity contribution is -0.120. The molecule has 1 aliphatic rings. The first-order valence-electron chi connectivity index (χ1n) is 6.12. The second kappa shape index (κ2) is 5.21. The van der Waals surface area contributed by atoms with Crippen molar-refractivity contribution >= 4 is 11.8 Å². The summed E-state index contributed by atoms with van der Waals surface area (Å²) >= 11 is 0. The molecule has 0 spiro atoms. The van der Waals surface area contributed by atoms with Gasteiger partial charge in [-0.3, -0.25) is 14.4 Å². The summed E-state index contributed by atoms with van der Waals surface area (Å²) in [6.45, 7) is 4.57. The van der Waals surface area contributed by atoms with E-state index in [9.17, 15) is 14.4 Å². The molecule has 0 unspecified atom stereocenters. The summed E-state index contributed by atoms with van der Waals surface area (Å²) < 4.78 is 0. The van der Waals surface area contributed by atoms with Crippen molar-refractivity contribution in [3.8, 4) is 0 Å². The van der Waals surface area contributed by atoms with E-state index in [0.717, 1.165) is 0 Å². The van der Waals surface area contributed by atoms with Crippen LogP contribution < -0.4 is 10.9 Å². The fraction of sp³-hybridized carbons (Fsp3) is 0.500. The van der Waals surface area contributed by atoms with Crippen molar-refractivity contribution in [3.63, 3.8) is 0 Å². The van der Waals surface area contributed by atoms with Gasteiger partial charge in [-0.25, -0.2) is 5.10 Å². The number of aryl methyl sites for hydroxylation is 1. The molecule has 1 fully saturated rings. The summed E-state index contributed by atoms with van der Waals surface area (Å²) in [6, 6.07) is 0. The molecule has 2 heterocycles. The largest absolute Gasteiger partial charge is 0.354 e. The van der Waals surface area contributed by atoms with Crippen LogP contribution in [0, 0.1) is 13.8 Å². The van der Waals surface area contributed by atoms with Crippen LogP contribution in [0.3, 0.4) is 0 Å². The lowest BCUT2D eigenvalue weighted by atomic mass is 10.1. The van der Waals surface area contributed by atoms with Crippen molar-refractivity contribution in [3.05, 3.63) is 27.2 Å². The molecular weight excluding hydrogens is 248 g/mol. The molecule has 0 aromatic carbocycles. The molecule has 0 atom stereocenters. The minimum atomic E-state index is -0.489. The van der Waals surface area contributed by atoms with Gasteiger partial charge in [0.05, 0.1) is 5.69 Å². The highest BCUT2D eigenvalue weighted by atomic mass is 16.2. The first kappa shape index (κ1) is 13.3. The third-order valence-electron chi connectivity index (χ3n) is 3.28. The summed E-state index contributed by atoms with van der Waals surface area (Å²) in [5.41, 5.74) is 0.822. The standard InChI is InChI=1S/C12H16N4O3/c1-7-8(2)14-15-11(18)10(7)12(19)16-5-3-9(17)13-4-6-16/h3-6H2,1-2H3,(H,13,17)(H,15,18). The Morgan fingerprint density at radius 2 is 2.00 bits per heavy atom. The number of nitrogens with one attached hydrogen (secondary N) is 2. The molecule has 0 saturated carbocycles. The zero-order valence-corrected chi connectivity index (χ0v) is 10.9.